The number of benzene rings is 1. The van der Waals surface area contributed by atoms with Crippen molar-refractivity contribution < 1.29 is 18.1 Å². The molecule has 1 fully saturated rings. The predicted molar refractivity (Wildman–Crippen MR) is 69.3 cm³/mol. The summed E-state index contributed by atoms with van der Waals surface area (Å²) in [7, 11) is -1.50. The SMILES string of the molecule is Cc1ccc(S(=O)N2CC(O)CC(C(F)F)C2)cc1. The number of nitrogens with zero attached hydrogens (tertiary/aromatic N) is 1. The summed E-state index contributed by atoms with van der Waals surface area (Å²) in [5, 5.41) is 9.63. The van der Waals surface area contributed by atoms with E-state index in [1.165, 1.54) is 4.31 Å². The van der Waals surface area contributed by atoms with Gasteiger partial charge in [-0.15, -0.1) is 0 Å². The second kappa shape index (κ2) is 6.07. The van der Waals surface area contributed by atoms with E-state index in [-0.39, 0.29) is 19.5 Å². The van der Waals surface area contributed by atoms with Crippen LogP contribution in [0.3, 0.4) is 0 Å². The lowest BCUT2D eigenvalue weighted by Gasteiger charge is -2.34. The molecular formula is C13H17F2NO2S. The number of aryl methyl sites for hydroxylation is 1. The number of aliphatic hydroxyl groups is 1. The van der Waals surface area contributed by atoms with E-state index < -0.39 is 29.4 Å². The van der Waals surface area contributed by atoms with Gasteiger partial charge < -0.3 is 5.11 Å². The van der Waals surface area contributed by atoms with Crippen LogP contribution in [0.2, 0.25) is 0 Å². The number of alkyl halides is 2. The van der Waals surface area contributed by atoms with E-state index in [0.29, 0.717) is 4.90 Å². The van der Waals surface area contributed by atoms with Gasteiger partial charge in [0, 0.05) is 19.0 Å². The van der Waals surface area contributed by atoms with E-state index in [2.05, 4.69) is 0 Å². The zero-order chi connectivity index (χ0) is 14.0. The minimum Gasteiger partial charge on any atom is -0.392 e. The van der Waals surface area contributed by atoms with Gasteiger partial charge in [0.05, 0.1) is 11.0 Å². The highest BCUT2D eigenvalue weighted by atomic mass is 32.2. The first kappa shape index (κ1) is 14.6. The third-order valence-electron chi connectivity index (χ3n) is 3.24. The van der Waals surface area contributed by atoms with Crippen molar-refractivity contribution in [3.63, 3.8) is 0 Å². The molecule has 0 bridgehead atoms. The first-order valence-corrected chi connectivity index (χ1v) is 7.27. The number of β-amino-alcohol motifs (C(OH)–C–C–N with tert-alkyl or cyclic N) is 1. The van der Waals surface area contributed by atoms with Crippen LogP contribution in [0.5, 0.6) is 0 Å². The van der Waals surface area contributed by atoms with Crippen molar-refractivity contribution >= 4 is 11.0 Å². The van der Waals surface area contributed by atoms with Crippen LogP contribution in [0.15, 0.2) is 29.2 Å². The molecule has 3 nitrogen and oxygen atoms in total. The van der Waals surface area contributed by atoms with Gasteiger partial charge in [0.2, 0.25) is 6.43 Å². The molecule has 0 spiro atoms. The molecule has 19 heavy (non-hydrogen) atoms. The van der Waals surface area contributed by atoms with Crippen LogP contribution in [0.4, 0.5) is 8.78 Å². The summed E-state index contributed by atoms with van der Waals surface area (Å²) in [6, 6.07) is 7.12. The maximum atomic E-state index is 12.7. The molecule has 1 heterocycles. The summed E-state index contributed by atoms with van der Waals surface area (Å²) < 4.78 is 39.2. The van der Waals surface area contributed by atoms with E-state index in [0.717, 1.165) is 5.56 Å². The zero-order valence-electron chi connectivity index (χ0n) is 10.6. The van der Waals surface area contributed by atoms with Gasteiger partial charge >= 0.3 is 0 Å². The molecule has 0 radical (unpaired) electrons. The number of piperidine rings is 1. The first-order chi connectivity index (χ1) is 8.97. The van der Waals surface area contributed by atoms with Gasteiger partial charge in [-0.05, 0) is 25.5 Å². The Balaban J connectivity index is 2.11. The van der Waals surface area contributed by atoms with Crippen molar-refractivity contribution in [1.29, 1.82) is 0 Å². The Labute approximate surface area is 113 Å². The van der Waals surface area contributed by atoms with Crippen LogP contribution >= 0.6 is 0 Å². The van der Waals surface area contributed by atoms with Crippen LogP contribution in [0, 0.1) is 12.8 Å². The first-order valence-electron chi connectivity index (χ1n) is 6.17. The van der Waals surface area contributed by atoms with Crippen molar-refractivity contribution in [1.82, 2.24) is 4.31 Å². The molecule has 1 aromatic rings. The smallest absolute Gasteiger partial charge is 0.242 e. The Morgan fingerprint density at radius 1 is 1.32 bits per heavy atom. The molecule has 106 valence electrons. The number of hydrogen-bond donors (Lipinski definition) is 1. The summed E-state index contributed by atoms with van der Waals surface area (Å²) in [5.41, 5.74) is 1.05. The molecular weight excluding hydrogens is 272 g/mol. The second-order valence-corrected chi connectivity index (χ2v) is 6.38. The number of rotatable bonds is 3. The van der Waals surface area contributed by atoms with E-state index >= 15 is 0 Å². The van der Waals surface area contributed by atoms with Crippen LogP contribution in [-0.2, 0) is 11.0 Å². The molecule has 1 N–H and O–H groups in total. The van der Waals surface area contributed by atoms with Crippen molar-refractivity contribution in [3.8, 4) is 0 Å². The summed E-state index contributed by atoms with van der Waals surface area (Å²) in [4.78, 5) is 0.577. The molecule has 3 unspecified atom stereocenters. The van der Waals surface area contributed by atoms with Gasteiger partial charge in [0.15, 0.2) is 0 Å². The average Bonchev–Trinajstić information content (AvgIpc) is 2.38. The third kappa shape index (κ3) is 3.58. The van der Waals surface area contributed by atoms with Crippen LogP contribution in [0.25, 0.3) is 0 Å². The predicted octanol–water partition coefficient (Wildman–Crippen LogP) is 1.97. The number of hydrogen-bond acceptors (Lipinski definition) is 2. The molecule has 0 aliphatic carbocycles. The summed E-state index contributed by atoms with van der Waals surface area (Å²) >= 11 is 0. The molecule has 0 amide bonds. The highest BCUT2D eigenvalue weighted by molar-refractivity contribution is 7.82. The fourth-order valence-electron chi connectivity index (χ4n) is 2.19. The van der Waals surface area contributed by atoms with E-state index in [4.69, 9.17) is 0 Å². The lowest BCUT2D eigenvalue weighted by Crippen LogP contribution is -2.45. The molecule has 1 aliphatic heterocycles. The third-order valence-corrected chi connectivity index (χ3v) is 4.68. The number of halogens is 2. The topological polar surface area (TPSA) is 40.5 Å². The maximum absolute atomic E-state index is 12.7. The normalized spacial score (nSPS) is 26.6. The minimum absolute atomic E-state index is 0.0508. The van der Waals surface area contributed by atoms with Crippen molar-refractivity contribution in [3.05, 3.63) is 29.8 Å². The second-order valence-electron chi connectivity index (χ2n) is 4.89. The Hall–Kier alpha value is -0.850. The Kier molecular flexibility index (Phi) is 4.65. The van der Waals surface area contributed by atoms with Crippen LogP contribution in [-0.4, -0.2) is 39.2 Å². The van der Waals surface area contributed by atoms with Gasteiger partial charge in [-0.2, -0.15) is 0 Å². The molecule has 2 rings (SSSR count). The lowest BCUT2D eigenvalue weighted by atomic mass is 9.98. The highest BCUT2D eigenvalue weighted by Gasteiger charge is 2.34. The van der Waals surface area contributed by atoms with Crippen molar-refractivity contribution in [2.24, 2.45) is 5.92 Å². The quantitative estimate of drug-likeness (QED) is 0.924. The molecule has 3 atom stereocenters. The molecule has 0 aromatic heterocycles. The summed E-state index contributed by atoms with van der Waals surface area (Å²) in [6.45, 7) is 2.14. The standard InChI is InChI=1S/C13H17F2NO2S/c1-9-2-4-12(5-3-9)19(18)16-7-10(13(14)15)6-11(17)8-16/h2-5,10-11,13,17H,6-8H2,1H3. The molecule has 1 saturated heterocycles. The molecule has 1 aliphatic rings. The summed E-state index contributed by atoms with van der Waals surface area (Å²) in [5.74, 6) is -0.918. The minimum atomic E-state index is -2.49. The molecule has 1 aromatic carbocycles. The largest absolute Gasteiger partial charge is 0.392 e. The average molecular weight is 289 g/mol. The Morgan fingerprint density at radius 3 is 2.53 bits per heavy atom. The van der Waals surface area contributed by atoms with Crippen LogP contribution < -0.4 is 0 Å². The zero-order valence-corrected chi connectivity index (χ0v) is 11.4. The highest BCUT2D eigenvalue weighted by Crippen LogP contribution is 2.25. The van der Waals surface area contributed by atoms with Crippen LogP contribution in [0.1, 0.15) is 12.0 Å². The Morgan fingerprint density at radius 2 is 1.95 bits per heavy atom. The van der Waals surface area contributed by atoms with Crippen molar-refractivity contribution in [2.45, 2.75) is 30.8 Å². The maximum Gasteiger partial charge on any atom is 0.242 e. The monoisotopic (exact) mass is 289 g/mol. The van der Waals surface area contributed by atoms with Gasteiger partial charge in [0.1, 0.15) is 11.0 Å². The fraction of sp³-hybridized carbons (Fsp3) is 0.538. The van der Waals surface area contributed by atoms with Gasteiger partial charge in [0.25, 0.3) is 0 Å². The van der Waals surface area contributed by atoms with E-state index in [9.17, 15) is 18.1 Å². The summed E-state index contributed by atoms with van der Waals surface area (Å²) in [6.07, 6.45) is -3.27. The molecule has 6 heteroatoms. The Bertz CT molecular complexity index is 452. The van der Waals surface area contributed by atoms with Crippen molar-refractivity contribution in [2.75, 3.05) is 13.1 Å². The fourth-order valence-corrected chi connectivity index (χ4v) is 3.49. The number of aliphatic hydroxyl groups excluding tert-OH is 1. The molecule has 0 saturated carbocycles. The van der Waals surface area contributed by atoms with E-state index in [1.54, 1.807) is 12.1 Å². The van der Waals surface area contributed by atoms with E-state index in [1.807, 2.05) is 19.1 Å². The van der Waals surface area contributed by atoms with Gasteiger partial charge in [-0.1, -0.05) is 17.7 Å². The lowest BCUT2D eigenvalue weighted by molar-refractivity contribution is -0.00135. The van der Waals surface area contributed by atoms with Gasteiger partial charge in [-0.3, -0.25) is 0 Å². The van der Waals surface area contributed by atoms with Gasteiger partial charge in [-0.25, -0.2) is 17.3 Å².